The molecule has 0 aliphatic rings. The number of H-pyrrole nitrogens is 1. The van der Waals surface area contributed by atoms with E-state index in [1.54, 1.807) is 12.1 Å². The summed E-state index contributed by atoms with van der Waals surface area (Å²) in [4.78, 5) is 3.65. The highest BCUT2D eigenvalue weighted by Gasteiger charge is 2.14. The first-order valence-electron chi connectivity index (χ1n) is 7.11. The quantitative estimate of drug-likeness (QED) is 0.747. The van der Waals surface area contributed by atoms with Crippen LogP contribution in [0.1, 0.15) is 5.69 Å². The highest BCUT2D eigenvalue weighted by Crippen LogP contribution is 2.36. The molecule has 5 heteroatoms. The van der Waals surface area contributed by atoms with Gasteiger partial charge in [0.2, 0.25) is 0 Å². The Morgan fingerprint density at radius 1 is 0.957 bits per heavy atom. The monoisotopic (exact) mass is 345 g/mol. The summed E-state index contributed by atoms with van der Waals surface area (Å²) in [6, 6.07) is 16.6. The zero-order chi connectivity index (χ0) is 16.6. The third-order valence-corrected chi connectivity index (χ3v) is 5.15. The van der Waals surface area contributed by atoms with Crippen LogP contribution in [0.5, 0.6) is 0 Å². The maximum absolute atomic E-state index is 11.6. The zero-order valence-electron chi connectivity index (χ0n) is 12.8. The molecular weight excluding hydrogens is 330 g/mol. The molecule has 118 valence electrons. The molecule has 3 rings (SSSR count). The van der Waals surface area contributed by atoms with Crippen molar-refractivity contribution in [2.45, 2.75) is 11.8 Å². The largest absolute Gasteiger partial charge is 0.358 e. The SMILES string of the molecule is Cc1cc(-c2ccccc2Cl)c(-c2ccc(S(C)(=O)=O)cc2)[nH]1. The van der Waals surface area contributed by atoms with Crippen LogP contribution < -0.4 is 0 Å². The van der Waals surface area contributed by atoms with Gasteiger partial charge < -0.3 is 4.98 Å². The average molecular weight is 346 g/mol. The Morgan fingerprint density at radius 2 is 1.61 bits per heavy atom. The van der Waals surface area contributed by atoms with E-state index in [0.29, 0.717) is 9.92 Å². The molecule has 0 aliphatic heterocycles. The van der Waals surface area contributed by atoms with Crippen LogP contribution in [-0.4, -0.2) is 19.7 Å². The second-order valence-electron chi connectivity index (χ2n) is 5.52. The molecule has 3 nitrogen and oxygen atoms in total. The number of hydrogen-bond donors (Lipinski definition) is 1. The molecule has 0 spiro atoms. The van der Waals surface area contributed by atoms with Gasteiger partial charge in [0.25, 0.3) is 0 Å². The van der Waals surface area contributed by atoms with Crippen LogP contribution >= 0.6 is 11.6 Å². The lowest BCUT2D eigenvalue weighted by atomic mass is 10.0. The molecule has 0 saturated carbocycles. The highest BCUT2D eigenvalue weighted by molar-refractivity contribution is 7.90. The summed E-state index contributed by atoms with van der Waals surface area (Å²) < 4.78 is 23.2. The normalized spacial score (nSPS) is 11.6. The lowest BCUT2D eigenvalue weighted by Gasteiger charge is -2.07. The fraction of sp³-hybridized carbons (Fsp3) is 0.111. The highest BCUT2D eigenvalue weighted by atomic mass is 35.5. The lowest BCUT2D eigenvalue weighted by Crippen LogP contribution is -1.96. The van der Waals surface area contributed by atoms with Crippen LogP contribution in [-0.2, 0) is 9.84 Å². The van der Waals surface area contributed by atoms with E-state index < -0.39 is 9.84 Å². The molecule has 3 aromatic rings. The minimum absolute atomic E-state index is 0.309. The molecule has 0 fully saturated rings. The molecule has 0 atom stereocenters. The topological polar surface area (TPSA) is 49.9 Å². The van der Waals surface area contributed by atoms with Gasteiger partial charge in [0, 0.05) is 28.1 Å². The van der Waals surface area contributed by atoms with E-state index in [1.807, 2.05) is 49.4 Å². The number of aryl methyl sites for hydroxylation is 1. The summed E-state index contributed by atoms with van der Waals surface area (Å²) in [6.45, 7) is 1.98. The number of halogens is 1. The molecule has 0 aliphatic carbocycles. The molecule has 0 unspecified atom stereocenters. The first-order chi connectivity index (χ1) is 10.9. The minimum Gasteiger partial charge on any atom is -0.358 e. The van der Waals surface area contributed by atoms with Crippen molar-refractivity contribution < 1.29 is 8.42 Å². The van der Waals surface area contributed by atoms with Gasteiger partial charge in [0.1, 0.15) is 0 Å². The summed E-state index contributed by atoms with van der Waals surface area (Å²) in [5, 5.41) is 0.681. The van der Waals surface area contributed by atoms with E-state index in [0.717, 1.165) is 28.1 Å². The number of sulfone groups is 1. The van der Waals surface area contributed by atoms with Gasteiger partial charge in [0.05, 0.1) is 10.6 Å². The number of rotatable bonds is 3. The molecule has 1 heterocycles. The van der Waals surface area contributed by atoms with Crippen molar-refractivity contribution in [2.75, 3.05) is 6.26 Å². The van der Waals surface area contributed by atoms with Crippen LogP contribution in [0.25, 0.3) is 22.4 Å². The summed E-state index contributed by atoms with van der Waals surface area (Å²) >= 11 is 6.32. The van der Waals surface area contributed by atoms with Crippen LogP contribution in [0.15, 0.2) is 59.5 Å². The van der Waals surface area contributed by atoms with Crippen LogP contribution in [0.4, 0.5) is 0 Å². The van der Waals surface area contributed by atoms with Crippen molar-refractivity contribution in [3.8, 4) is 22.4 Å². The Kier molecular flexibility index (Phi) is 4.04. The summed E-state index contributed by atoms with van der Waals surface area (Å²) in [6.07, 6.45) is 1.20. The predicted octanol–water partition coefficient (Wildman–Crippen LogP) is 4.71. The van der Waals surface area contributed by atoms with Gasteiger partial charge in [0.15, 0.2) is 9.84 Å². The van der Waals surface area contributed by atoms with E-state index in [1.165, 1.54) is 6.26 Å². The summed E-state index contributed by atoms with van der Waals surface area (Å²) in [5.41, 5.74) is 4.80. The van der Waals surface area contributed by atoms with Crippen LogP contribution in [0, 0.1) is 6.92 Å². The second-order valence-corrected chi connectivity index (χ2v) is 7.94. The molecule has 2 aromatic carbocycles. The maximum Gasteiger partial charge on any atom is 0.175 e. The lowest BCUT2D eigenvalue weighted by molar-refractivity contribution is 0.602. The Bertz CT molecular complexity index is 957. The van der Waals surface area contributed by atoms with Gasteiger partial charge in [-0.15, -0.1) is 0 Å². The van der Waals surface area contributed by atoms with Gasteiger partial charge in [-0.1, -0.05) is 41.9 Å². The van der Waals surface area contributed by atoms with Gasteiger partial charge in [-0.25, -0.2) is 8.42 Å². The second kappa shape index (κ2) is 5.87. The summed E-state index contributed by atoms with van der Waals surface area (Å²) in [7, 11) is -3.20. The number of benzene rings is 2. The first kappa shape index (κ1) is 15.8. The van der Waals surface area contributed by atoms with E-state index in [-0.39, 0.29) is 0 Å². The minimum atomic E-state index is -3.20. The van der Waals surface area contributed by atoms with E-state index in [4.69, 9.17) is 11.6 Å². The summed E-state index contributed by atoms with van der Waals surface area (Å²) in [5.74, 6) is 0. The van der Waals surface area contributed by atoms with Crippen LogP contribution in [0.3, 0.4) is 0 Å². The molecule has 0 radical (unpaired) electrons. The molecule has 0 bridgehead atoms. The molecule has 1 N–H and O–H groups in total. The van der Waals surface area contributed by atoms with Crippen molar-refractivity contribution in [1.29, 1.82) is 0 Å². The van der Waals surface area contributed by atoms with Crippen molar-refractivity contribution in [2.24, 2.45) is 0 Å². The van der Waals surface area contributed by atoms with E-state index in [9.17, 15) is 8.42 Å². The van der Waals surface area contributed by atoms with Gasteiger partial charge in [-0.2, -0.15) is 0 Å². The van der Waals surface area contributed by atoms with Crippen molar-refractivity contribution in [3.05, 3.63) is 65.3 Å². The molecule has 0 amide bonds. The molecule has 1 aromatic heterocycles. The first-order valence-corrected chi connectivity index (χ1v) is 9.38. The molecule has 0 saturated heterocycles. The fourth-order valence-corrected chi connectivity index (χ4v) is 3.45. The third-order valence-electron chi connectivity index (χ3n) is 3.69. The molecular formula is C18H16ClNO2S. The van der Waals surface area contributed by atoms with Gasteiger partial charge >= 0.3 is 0 Å². The van der Waals surface area contributed by atoms with Crippen LogP contribution in [0.2, 0.25) is 5.02 Å². The van der Waals surface area contributed by atoms with E-state index in [2.05, 4.69) is 4.98 Å². The van der Waals surface area contributed by atoms with E-state index >= 15 is 0 Å². The Labute approximate surface area is 140 Å². The standard InChI is InChI=1S/C18H16ClNO2S/c1-12-11-16(15-5-3-4-6-17(15)19)18(20-12)13-7-9-14(10-8-13)23(2,21)22/h3-11,20H,1-2H3. The van der Waals surface area contributed by atoms with Crippen molar-refractivity contribution >= 4 is 21.4 Å². The Hall–Kier alpha value is -2.04. The molecule has 23 heavy (non-hydrogen) atoms. The van der Waals surface area contributed by atoms with Gasteiger partial charge in [-0.3, -0.25) is 0 Å². The predicted molar refractivity (Wildman–Crippen MR) is 94.5 cm³/mol. The average Bonchev–Trinajstić information content (AvgIpc) is 2.89. The third kappa shape index (κ3) is 3.19. The van der Waals surface area contributed by atoms with Gasteiger partial charge in [-0.05, 0) is 36.8 Å². The van der Waals surface area contributed by atoms with Crippen molar-refractivity contribution in [1.82, 2.24) is 4.98 Å². The van der Waals surface area contributed by atoms with Crippen molar-refractivity contribution in [3.63, 3.8) is 0 Å². The zero-order valence-corrected chi connectivity index (χ0v) is 14.4. The number of nitrogens with one attached hydrogen (secondary N) is 1. The Balaban J connectivity index is 2.13. The smallest absolute Gasteiger partial charge is 0.175 e. The maximum atomic E-state index is 11.6. The Morgan fingerprint density at radius 3 is 2.22 bits per heavy atom. The number of aromatic nitrogens is 1. The number of hydrogen-bond acceptors (Lipinski definition) is 2. The number of aromatic amines is 1. The fourth-order valence-electron chi connectivity index (χ4n) is 2.58.